The summed E-state index contributed by atoms with van der Waals surface area (Å²) in [6.45, 7) is 7.00. The fourth-order valence-electron chi connectivity index (χ4n) is 1.08. The molecule has 0 aliphatic rings. The molecule has 16 heavy (non-hydrogen) atoms. The summed E-state index contributed by atoms with van der Waals surface area (Å²) in [6.07, 6.45) is 3.21. The largest absolute Gasteiger partial charge is 0.488 e. The van der Waals surface area contributed by atoms with Crippen LogP contribution in [0.5, 0.6) is 5.75 Å². The van der Waals surface area contributed by atoms with Crippen molar-refractivity contribution in [1.29, 1.82) is 0 Å². The molecule has 0 bridgehead atoms. The summed E-state index contributed by atoms with van der Waals surface area (Å²) in [6, 6.07) is 0. The lowest BCUT2D eigenvalue weighted by Crippen LogP contribution is -2.22. The minimum atomic E-state index is -0.148. The molecule has 0 amide bonds. The average Bonchev–Trinajstić information content (AvgIpc) is 2.14. The second-order valence-corrected chi connectivity index (χ2v) is 5.20. The van der Waals surface area contributed by atoms with Crippen molar-refractivity contribution in [2.24, 2.45) is 0 Å². The van der Waals surface area contributed by atoms with Gasteiger partial charge in [0.05, 0.1) is 28.6 Å². The van der Waals surface area contributed by atoms with Crippen LogP contribution in [0.3, 0.4) is 0 Å². The summed E-state index contributed by atoms with van der Waals surface area (Å²) < 4.78 is 11.8. The summed E-state index contributed by atoms with van der Waals surface area (Å²) in [5, 5.41) is 0. The zero-order chi connectivity index (χ0) is 12.2. The third-order valence-electron chi connectivity index (χ3n) is 1.75. The average molecular weight is 289 g/mol. The summed E-state index contributed by atoms with van der Waals surface area (Å²) in [5.74, 6) is 0.618. The molecule has 0 aliphatic carbocycles. The van der Waals surface area contributed by atoms with Gasteiger partial charge in [0.2, 0.25) is 0 Å². The van der Waals surface area contributed by atoms with Gasteiger partial charge < -0.3 is 15.2 Å². The van der Waals surface area contributed by atoms with Gasteiger partial charge in [-0.2, -0.15) is 0 Å². The highest BCUT2D eigenvalue weighted by molar-refractivity contribution is 9.10. The number of hydrogen-bond acceptors (Lipinski definition) is 4. The van der Waals surface area contributed by atoms with Crippen molar-refractivity contribution in [3.8, 4) is 5.75 Å². The molecule has 1 aromatic heterocycles. The lowest BCUT2D eigenvalue weighted by Gasteiger charge is -2.19. The first kappa shape index (κ1) is 13.3. The Bertz CT molecular complexity index is 330. The van der Waals surface area contributed by atoms with Gasteiger partial charge in [0.1, 0.15) is 6.61 Å². The van der Waals surface area contributed by atoms with Crippen LogP contribution in [0, 0.1) is 0 Å². The molecule has 1 heterocycles. The smallest absolute Gasteiger partial charge is 0.159 e. The Morgan fingerprint density at radius 3 is 2.56 bits per heavy atom. The third-order valence-corrected chi connectivity index (χ3v) is 2.31. The normalized spacial score (nSPS) is 11.5. The van der Waals surface area contributed by atoms with Gasteiger partial charge in [-0.3, -0.25) is 4.98 Å². The van der Waals surface area contributed by atoms with Gasteiger partial charge in [-0.1, -0.05) is 0 Å². The molecule has 90 valence electrons. The number of rotatable bonds is 4. The number of nitrogens with zero attached hydrogens (tertiary/aromatic N) is 1. The van der Waals surface area contributed by atoms with E-state index in [1.54, 1.807) is 12.4 Å². The maximum atomic E-state index is 5.73. The van der Waals surface area contributed by atoms with E-state index >= 15 is 0 Å². The first-order chi connectivity index (χ1) is 7.40. The molecular formula is C11H17BrN2O2. The summed E-state index contributed by atoms with van der Waals surface area (Å²) in [5.41, 5.74) is 6.10. The molecule has 0 aliphatic heterocycles. The SMILES string of the molecule is CC(C)(C)OCCOc1c(N)cncc1Br. The van der Waals surface area contributed by atoms with Crippen LogP contribution in [0.4, 0.5) is 5.69 Å². The molecule has 0 saturated carbocycles. The van der Waals surface area contributed by atoms with E-state index in [4.69, 9.17) is 15.2 Å². The number of pyridine rings is 1. The van der Waals surface area contributed by atoms with Crippen LogP contribution in [0.15, 0.2) is 16.9 Å². The molecule has 5 heteroatoms. The molecule has 1 aromatic rings. The van der Waals surface area contributed by atoms with Crippen LogP contribution < -0.4 is 10.5 Å². The topological polar surface area (TPSA) is 57.4 Å². The predicted octanol–water partition coefficient (Wildman–Crippen LogP) is 2.62. The van der Waals surface area contributed by atoms with Crippen molar-refractivity contribution in [3.63, 3.8) is 0 Å². The van der Waals surface area contributed by atoms with Gasteiger partial charge in [0.25, 0.3) is 0 Å². The first-order valence-electron chi connectivity index (χ1n) is 5.06. The number of nitrogens with two attached hydrogens (primary N) is 1. The molecule has 0 saturated heterocycles. The molecule has 4 nitrogen and oxygen atoms in total. The van der Waals surface area contributed by atoms with E-state index in [1.807, 2.05) is 20.8 Å². The van der Waals surface area contributed by atoms with Crippen LogP contribution >= 0.6 is 15.9 Å². The second-order valence-electron chi connectivity index (χ2n) is 4.35. The van der Waals surface area contributed by atoms with Crippen LogP contribution in [0.2, 0.25) is 0 Å². The van der Waals surface area contributed by atoms with Crippen molar-refractivity contribution in [2.75, 3.05) is 18.9 Å². The fraction of sp³-hybridized carbons (Fsp3) is 0.545. The summed E-state index contributed by atoms with van der Waals surface area (Å²) in [4.78, 5) is 3.93. The number of aromatic nitrogens is 1. The Morgan fingerprint density at radius 1 is 1.31 bits per heavy atom. The molecule has 2 N–H and O–H groups in total. The van der Waals surface area contributed by atoms with Gasteiger partial charge in [0, 0.05) is 6.20 Å². The lowest BCUT2D eigenvalue weighted by atomic mass is 10.2. The van der Waals surface area contributed by atoms with Crippen molar-refractivity contribution in [1.82, 2.24) is 4.98 Å². The second kappa shape index (κ2) is 5.50. The van der Waals surface area contributed by atoms with Crippen molar-refractivity contribution >= 4 is 21.6 Å². The maximum absolute atomic E-state index is 5.73. The number of halogens is 1. The van der Waals surface area contributed by atoms with Crippen LogP contribution in [-0.2, 0) is 4.74 Å². The minimum Gasteiger partial charge on any atom is -0.488 e. The fourth-order valence-corrected chi connectivity index (χ4v) is 1.54. The van der Waals surface area contributed by atoms with E-state index in [-0.39, 0.29) is 5.60 Å². The molecule has 0 atom stereocenters. The molecule has 0 unspecified atom stereocenters. The highest BCUT2D eigenvalue weighted by Gasteiger charge is 2.10. The number of hydrogen-bond donors (Lipinski definition) is 1. The maximum Gasteiger partial charge on any atom is 0.159 e. The van der Waals surface area contributed by atoms with Crippen molar-refractivity contribution in [2.45, 2.75) is 26.4 Å². The Kier molecular flexibility index (Phi) is 4.56. The lowest BCUT2D eigenvalue weighted by molar-refractivity contribution is -0.0162. The number of nitrogen functional groups attached to an aromatic ring is 1. The number of anilines is 1. The summed E-state index contributed by atoms with van der Waals surface area (Å²) in [7, 11) is 0. The highest BCUT2D eigenvalue weighted by atomic mass is 79.9. The summed E-state index contributed by atoms with van der Waals surface area (Å²) >= 11 is 3.33. The Hall–Kier alpha value is -0.810. The Labute approximate surface area is 104 Å². The van der Waals surface area contributed by atoms with E-state index in [1.165, 1.54) is 0 Å². The monoisotopic (exact) mass is 288 g/mol. The molecule has 1 rings (SSSR count). The minimum absolute atomic E-state index is 0.148. The van der Waals surface area contributed by atoms with Crippen molar-refractivity contribution in [3.05, 3.63) is 16.9 Å². The van der Waals surface area contributed by atoms with Gasteiger partial charge >= 0.3 is 0 Å². The van der Waals surface area contributed by atoms with Gasteiger partial charge in [-0.05, 0) is 36.7 Å². The quantitative estimate of drug-likeness (QED) is 0.866. The van der Waals surface area contributed by atoms with Gasteiger partial charge in [-0.25, -0.2) is 0 Å². The van der Waals surface area contributed by atoms with E-state index in [9.17, 15) is 0 Å². The van der Waals surface area contributed by atoms with Crippen LogP contribution in [0.1, 0.15) is 20.8 Å². The van der Waals surface area contributed by atoms with Gasteiger partial charge in [0.15, 0.2) is 5.75 Å². The molecule has 0 radical (unpaired) electrons. The van der Waals surface area contributed by atoms with E-state index < -0.39 is 0 Å². The molecule has 0 fully saturated rings. The van der Waals surface area contributed by atoms with E-state index in [2.05, 4.69) is 20.9 Å². The molecule has 0 spiro atoms. The van der Waals surface area contributed by atoms with Crippen molar-refractivity contribution < 1.29 is 9.47 Å². The van der Waals surface area contributed by atoms with Crippen LogP contribution in [-0.4, -0.2) is 23.8 Å². The first-order valence-corrected chi connectivity index (χ1v) is 5.85. The number of ether oxygens (including phenoxy) is 2. The van der Waals surface area contributed by atoms with E-state index in [0.29, 0.717) is 24.7 Å². The standard InChI is InChI=1S/C11H17BrN2O2/c1-11(2,3)16-5-4-15-10-8(12)6-14-7-9(10)13/h6-7H,4-5,13H2,1-3H3. The molecule has 0 aromatic carbocycles. The van der Waals surface area contributed by atoms with Gasteiger partial charge in [-0.15, -0.1) is 0 Å². The molecular weight excluding hydrogens is 272 g/mol. The predicted molar refractivity (Wildman–Crippen MR) is 67.5 cm³/mol. The highest BCUT2D eigenvalue weighted by Crippen LogP contribution is 2.29. The Morgan fingerprint density at radius 2 is 2.00 bits per heavy atom. The van der Waals surface area contributed by atoms with Crippen LogP contribution in [0.25, 0.3) is 0 Å². The third kappa shape index (κ3) is 4.37. The zero-order valence-corrected chi connectivity index (χ0v) is 11.4. The zero-order valence-electron chi connectivity index (χ0n) is 9.79. The Balaban J connectivity index is 2.43. The van der Waals surface area contributed by atoms with E-state index in [0.717, 1.165) is 4.47 Å².